The van der Waals surface area contributed by atoms with E-state index in [1.807, 2.05) is 0 Å². The standard InChI is InChI=1S/C7H7N3O2S/c1-4-5(6(9)13-10-4)7(11)12-3-2-8/h3,9H2,1H3. The first kappa shape index (κ1) is 9.48. The van der Waals surface area contributed by atoms with Crippen LogP contribution in [0, 0.1) is 18.3 Å². The predicted molar refractivity (Wildman–Crippen MR) is 47.2 cm³/mol. The lowest BCUT2D eigenvalue weighted by molar-refractivity contribution is 0.0555. The van der Waals surface area contributed by atoms with E-state index in [-0.39, 0.29) is 12.2 Å². The van der Waals surface area contributed by atoms with Crippen molar-refractivity contribution in [2.75, 3.05) is 12.3 Å². The molecule has 1 rings (SSSR count). The summed E-state index contributed by atoms with van der Waals surface area (Å²) >= 11 is 1.04. The minimum absolute atomic E-state index is 0.264. The second-order valence-corrected chi connectivity index (χ2v) is 3.05. The summed E-state index contributed by atoms with van der Waals surface area (Å²) in [7, 11) is 0. The molecule has 0 aliphatic carbocycles. The number of carbonyl (C=O) groups is 1. The number of nitriles is 1. The molecule has 0 aliphatic rings. The number of carbonyl (C=O) groups excluding carboxylic acids is 1. The topological polar surface area (TPSA) is 89.0 Å². The van der Waals surface area contributed by atoms with E-state index >= 15 is 0 Å². The van der Waals surface area contributed by atoms with Crippen molar-refractivity contribution in [1.29, 1.82) is 5.26 Å². The molecule has 0 amide bonds. The third-order valence-corrected chi connectivity index (χ3v) is 2.13. The van der Waals surface area contributed by atoms with Crippen LogP contribution in [0.25, 0.3) is 0 Å². The van der Waals surface area contributed by atoms with Gasteiger partial charge < -0.3 is 10.5 Å². The first-order valence-corrected chi connectivity index (χ1v) is 4.20. The van der Waals surface area contributed by atoms with Crippen molar-refractivity contribution in [3.63, 3.8) is 0 Å². The smallest absolute Gasteiger partial charge is 0.344 e. The highest BCUT2D eigenvalue weighted by molar-refractivity contribution is 7.10. The average Bonchev–Trinajstić information content (AvgIpc) is 2.42. The summed E-state index contributed by atoms with van der Waals surface area (Å²) in [4.78, 5) is 11.2. The fourth-order valence-corrected chi connectivity index (χ4v) is 1.45. The van der Waals surface area contributed by atoms with Crippen LogP contribution in [0.4, 0.5) is 5.00 Å². The molecule has 0 bridgehead atoms. The number of nitrogens with two attached hydrogens (primary N) is 1. The molecule has 0 atom stereocenters. The van der Waals surface area contributed by atoms with E-state index in [0.29, 0.717) is 10.7 Å². The molecule has 0 aliphatic heterocycles. The Bertz CT molecular complexity index is 347. The number of aryl methyl sites for hydroxylation is 1. The number of nitrogen functional groups attached to an aromatic ring is 1. The first-order valence-electron chi connectivity index (χ1n) is 3.42. The summed E-state index contributed by atoms with van der Waals surface area (Å²) in [6.07, 6.45) is 0. The Hall–Kier alpha value is -1.61. The molecule has 0 fully saturated rings. The Labute approximate surface area is 78.9 Å². The summed E-state index contributed by atoms with van der Waals surface area (Å²) in [5.41, 5.74) is 6.28. The molecule has 0 radical (unpaired) electrons. The van der Waals surface area contributed by atoms with Crippen molar-refractivity contribution in [2.24, 2.45) is 0 Å². The normalized spacial score (nSPS) is 9.23. The summed E-state index contributed by atoms with van der Waals surface area (Å²) in [6, 6.07) is 1.70. The Kier molecular flexibility index (Phi) is 2.82. The van der Waals surface area contributed by atoms with Gasteiger partial charge in [0.1, 0.15) is 16.6 Å². The van der Waals surface area contributed by atoms with Gasteiger partial charge in [0.05, 0.1) is 5.69 Å². The molecule has 1 heterocycles. The van der Waals surface area contributed by atoms with Crippen LogP contribution in [0.1, 0.15) is 16.1 Å². The molecule has 13 heavy (non-hydrogen) atoms. The molecule has 0 aromatic carbocycles. The van der Waals surface area contributed by atoms with Crippen LogP contribution in [0.2, 0.25) is 0 Å². The summed E-state index contributed by atoms with van der Waals surface area (Å²) < 4.78 is 8.46. The Morgan fingerprint density at radius 3 is 3.00 bits per heavy atom. The third-order valence-electron chi connectivity index (χ3n) is 1.36. The van der Waals surface area contributed by atoms with Crippen molar-refractivity contribution in [3.05, 3.63) is 11.3 Å². The van der Waals surface area contributed by atoms with Gasteiger partial charge in [-0.25, -0.2) is 4.79 Å². The average molecular weight is 197 g/mol. The number of hydrogen-bond acceptors (Lipinski definition) is 6. The maximum absolute atomic E-state index is 11.2. The highest BCUT2D eigenvalue weighted by atomic mass is 32.1. The maximum Gasteiger partial charge on any atom is 0.344 e. The van der Waals surface area contributed by atoms with Crippen LogP contribution in [0.5, 0.6) is 0 Å². The molecule has 6 heteroatoms. The lowest BCUT2D eigenvalue weighted by Gasteiger charge is -1.98. The predicted octanol–water partition coefficient (Wildman–Crippen LogP) is 0.714. The molecule has 0 saturated carbocycles. The quantitative estimate of drug-likeness (QED) is 0.705. The van der Waals surface area contributed by atoms with Crippen LogP contribution in [0.15, 0.2) is 0 Å². The number of esters is 1. The maximum atomic E-state index is 11.2. The molecule has 1 aromatic rings. The number of anilines is 1. The van der Waals surface area contributed by atoms with Gasteiger partial charge in [-0.1, -0.05) is 0 Å². The SMILES string of the molecule is Cc1nsc(N)c1C(=O)OCC#N. The van der Waals surface area contributed by atoms with Crippen molar-refractivity contribution < 1.29 is 9.53 Å². The van der Waals surface area contributed by atoms with E-state index in [1.165, 1.54) is 0 Å². The van der Waals surface area contributed by atoms with Gasteiger partial charge in [-0.3, -0.25) is 0 Å². The van der Waals surface area contributed by atoms with E-state index < -0.39 is 5.97 Å². The van der Waals surface area contributed by atoms with E-state index in [4.69, 9.17) is 11.0 Å². The Balaban J connectivity index is 2.83. The van der Waals surface area contributed by atoms with Gasteiger partial charge in [-0.05, 0) is 18.5 Å². The van der Waals surface area contributed by atoms with Crippen LogP contribution in [-0.4, -0.2) is 16.9 Å². The fourth-order valence-electron chi connectivity index (χ4n) is 0.806. The molecular formula is C7H7N3O2S. The van der Waals surface area contributed by atoms with Gasteiger partial charge in [-0.15, -0.1) is 0 Å². The Morgan fingerprint density at radius 2 is 2.54 bits per heavy atom. The van der Waals surface area contributed by atoms with Gasteiger partial charge in [0, 0.05) is 0 Å². The minimum Gasteiger partial charge on any atom is -0.447 e. The van der Waals surface area contributed by atoms with Crippen molar-refractivity contribution in [1.82, 2.24) is 4.37 Å². The highest BCUT2D eigenvalue weighted by Gasteiger charge is 2.17. The molecule has 1 aromatic heterocycles. The second-order valence-electron chi connectivity index (χ2n) is 2.24. The monoisotopic (exact) mass is 197 g/mol. The molecule has 2 N–H and O–H groups in total. The molecule has 0 unspecified atom stereocenters. The lowest BCUT2D eigenvalue weighted by Crippen LogP contribution is -2.07. The third kappa shape index (κ3) is 1.95. The molecule has 68 valence electrons. The van der Waals surface area contributed by atoms with Gasteiger partial charge >= 0.3 is 5.97 Å². The minimum atomic E-state index is -0.592. The second kappa shape index (κ2) is 3.87. The summed E-state index contributed by atoms with van der Waals surface area (Å²) in [5.74, 6) is -0.592. The van der Waals surface area contributed by atoms with Crippen LogP contribution >= 0.6 is 11.5 Å². The van der Waals surface area contributed by atoms with E-state index in [1.54, 1.807) is 13.0 Å². The van der Waals surface area contributed by atoms with E-state index in [2.05, 4.69) is 9.11 Å². The number of nitrogens with zero attached hydrogens (tertiary/aromatic N) is 2. The number of hydrogen-bond donors (Lipinski definition) is 1. The largest absolute Gasteiger partial charge is 0.447 e. The first-order chi connectivity index (χ1) is 6.16. The summed E-state index contributed by atoms with van der Waals surface area (Å²) in [5, 5.41) is 8.50. The lowest BCUT2D eigenvalue weighted by atomic mass is 10.2. The van der Waals surface area contributed by atoms with Crippen LogP contribution in [-0.2, 0) is 4.74 Å². The van der Waals surface area contributed by atoms with Crippen molar-refractivity contribution >= 4 is 22.5 Å². The molecule has 0 spiro atoms. The number of ether oxygens (including phenoxy) is 1. The highest BCUT2D eigenvalue weighted by Crippen LogP contribution is 2.21. The van der Waals surface area contributed by atoms with Gasteiger partial charge in [0.2, 0.25) is 0 Å². The Morgan fingerprint density at radius 1 is 1.85 bits per heavy atom. The zero-order valence-electron chi connectivity index (χ0n) is 6.90. The van der Waals surface area contributed by atoms with Crippen LogP contribution in [0.3, 0.4) is 0 Å². The van der Waals surface area contributed by atoms with Gasteiger partial charge in [-0.2, -0.15) is 9.64 Å². The van der Waals surface area contributed by atoms with Crippen LogP contribution < -0.4 is 5.73 Å². The zero-order valence-corrected chi connectivity index (χ0v) is 7.72. The summed E-state index contributed by atoms with van der Waals surface area (Å²) in [6.45, 7) is 1.39. The fraction of sp³-hybridized carbons (Fsp3) is 0.286. The number of rotatable bonds is 2. The zero-order chi connectivity index (χ0) is 9.84. The molecule has 5 nitrogen and oxygen atoms in total. The van der Waals surface area contributed by atoms with E-state index in [0.717, 1.165) is 11.5 Å². The van der Waals surface area contributed by atoms with Gasteiger partial charge in [0.15, 0.2) is 6.61 Å². The molecule has 0 saturated heterocycles. The van der Waals surface area contributed by atoms with Crippen molar-refractivity contribution in [2.45, 2.75) is 6.92 Å². The van der Waals surface area contributed by atoms with Gasteiger partial charge in [0.25, 0.3) is 0 Å². The molecular weight excluding hydrogens is 190 g/mol. The van der Waals surface area contributed by atoms with Crippen molar-refractivity contribution in [3.8, 4) is 6.07 Å². The number of aromatic nitrogens is 1. The van der Waals surface area contributed by atoms with E-state index in [9.17, 15) is 4.79 Å².